The summed E-state index contributed by atoms with van der Waals surface area (Å²) in [4.78, 5) is 13.8. The van der Waals surface area contributed by atoms with Crippen molar-refractivity contribution in [3.05, 3.63) is 29.3 Å². The summed E-state index contributed by atoms with van der Waals surface area (Å²) in [5.74, 6) is 0.0344. The van der Waals surface area contributed by atoms with Gasteiger partial charge in [0.2, 0.25) is 5.91 Å². The highest BCUT2D eigenvalue weighted by Gasteiger charge is 2.15. The van der Waals surface area contributed by atoms with Gasteiger partial charge in [0.05, 0.1) is 6.54 Å². The Morgan fingerprint density at radius 1 is 1.29 bits per heavy atom. The zero-order valence-electron chi connectivity index (χ0n) is 14.2. The molecule has 1 aromatic carbocycles. The van der Waals surface area contributed by atoms with Crippen LogP contribution in [-0.4, -0.2) is 31.6 Å². The number of rotatable bonds is 6. The highest BCUT2D eigenvalue weighted by Crippen LogP contribution is 2.22. The fraction of sp³-hybridized carbons (Fsp3) is 0.588. The fourth-order valence-corrected chi connectivity index (χ4v) is 2.14. The smallest absolute Gasteiger partial charge is 0.239 e. The van der Waals surface area contributed by atoms with Gasteiger partial charge in [-0.15, -0.1) is 0 Å². The molecule has 0 radical (unpaired) electrons. The van der Waals surface area contributed by atoms with Gasteiger partial charge in [0.25, 0.3) is 0 Å². The van der Waals surface area contributed by atoms with Crippen LogP contribution in [0.15, 0.2) is 18.2 Å². The number of anilines is 1. The molecule has 0 fully saturated rings. The number of benzene rings is 1. The maximum Gasteiger partial charge on any atom is 0.239 e. The lowest BCUT2D eigenvalue weighted by molar-refractivity contribution is -0.119. The molecule has 0 saturated carbocycles. The van der Waals surface area contributed by atoms with Gasteiger partial charge in [0.15, 0.2) is 0 Å². The molecule has 1 rings (SSSR count). The molecule has 0 bridgehead atoms. The van der Waals surface area contributed by atoms with Crippen LogP contribution in [0, 0.1) is 6.92 Å². The molecule has 0 saturated heterocycles. The van der Waals surface area contributed by atoms with E-state index in [1.54, 1.807) is 7.05 Å². The number of carbonyl (C=O) groups is 1. The van der Waals surface area contributed by atoms with E-state index in [-0.39, 0.29) is 11.4 Å². The average Bonchev–Trinajstić information content (AvgIpc) is 2.42. The number of carbonyl (C=O) groups excluding carboxylic acids is 1. The van der Waals surface area contributed by atoms with E-state index in [0.717, 1.165) is 18.8 Å². The highest BCUT2D eigenvalue weighted by atomic mass is 16.1. The van der Waals surface area contributed by atoms with Crippen molar-refractivity contribution < 1.29 is 4.79 Å². The SMILES string of the molecule is CCN(CC(=O)NC)c1ccc(C)cc1CNC(C)(C)C. The number of aryl methyl sites for hydroxylation is 1. The van der Waals surface area contributed by atoms with E-state index in [9.17, 15) is 4.79 Å². The third kappa shape index (κ3) is 5.76. The molecule has 0 aliphatic rings. The summed E-state index contributed by atoms with van der Waals surface area (Å²) < 4.78 is 0. The van der Waals surface area contributed by atoms with E-state index in [4.69, 9.17) is 0 Å². The predicted octanol–water partition coefficient (Wildman–Crippen LogP) is 2.46. The molecule has 1 aromatic rings. The normalized spacial score (nSPS) is 11.3. The van der Waals surface area contributed by atoms with Crippen molar-refractivity contribution in [2.75, 3.05) is 25.0 Å². The predicted molar refractivity (Wildman–Crippen MR) is 89.7 cm³/mol. The lowest BCUT2D eigenvalue weighted by Gasteiger charge is -2.27. The molecule has 0 aliphatic heterocycles. The molecule has 118 valence electrons. The van der Waals surface area contributed by atoms with Crippen LogP contribution in [-0.2, 0) is 11.3 Å². The van der Waals surface area contributed by atoms with Crippen molar-refractivity contribution in [3.63, 3.8) is 0 Å². The lowest BCUT2D eigenvalue weighted by atomic mass is 10.0. The zero-order chi connectivity index (χ0) is 16.0. The van der Waals surface area contributed by atoms with Crippen molar-refractivity contribution in [1.29, 1.82) is 0 Å². The molecular weight excluding hydrogens is 262 g/mol. The van der Waals surface area contributed by atoms with Crippen molar-refractivity contribution in [1.82, 2.24) is 10.6 Å². The minimum absolute atomic E-state index is 0.0344. The Morgan fingerprint density at radius 3 is 2.48 bits per heavy atom. The zero-order valence-corrected chi connectivity index (χ0v) is 14.2. The summed E-state index contributed by atoms with van der Waals surface area (Å²) in [5.41, 5.74) is 3.67. The molecular formula is C17H29N3O. The molecule has 4 heteroatoms. The molecule has 0 aliphatic carbocycles. The van der Waals surface area contributed by atoms with E-state index in [0.29, 0.717) is 6.54 Å². The van der Waals surface area contributed by atoms with Gasteiger partial charge in [-0.3, -0.25) is 4.79 Å². The van der Waals surface area contributed by atoms with Gasteiger partial charge >= 0.3 is 0 Å². The molecule has 0 heterocycles. The number of nitrogens with one attached hydrogen (secondary N) is 2. The minimum atomic E-state index is 0.0344. The third-order valence-electron chi connectivity index (χ3n) is 3.38. The first kappa shape index (κ1) is 17.5. The fourth-order valence-electron chi connectivity index (χ4n) is 2.14. The van der Waals surface area contributed by atoms with Crippen LogP contribution >= 0.6 is 0 Å². The van der Waals surface area contributed by atoms with Crippen molar-refractivity contribution in [3.8, 4) is 0 Å². The summed E-state index contributed by atoms with van der Waals surface area (Å²) in [5, 5.41) is 6.22. The van der Waals surface area contributed by atoms with Gasteiger partial charge in [-0.1, -0.05) is 17.7 Å². The Balaban J connectivity index is 3.00. The lowest BCUT2D eigenvalue weighted by Crippen LogP contribution is -2.38. The molecule has 1 amide bonds. The monoisotopic (exact) mass is 291 g/mol. The first-order valence-electron chi connectivity index (χ1n) is 7.57. The van der Waals surface area contributed by atoms with Crippen molar-refractivity contribution in [2.24, 2.45) is 0 Å². The van der Waals surface area contributed by atoms with E-state index in [1.165, 1.54) is 11.1 Å². The van der Waals surface area contributed by atoms with E-state index in [1.807, 2.05) is 0 Å². The Hall–Kier alpha value is -1.55. The summed E-state index contributed by atoms with van der Waals surface area (Å²) in [6.45, 7) is 12.6. The van der Waals surface area contributed by atoms with Gasteiger partial charge in [-0.05, 0) is 46.2 Å². The van der Waals surface area contributed by atoms with Gasteiger partial charge in [-0.25, -0.2) is 0 Å². The van der Waals surface area contributed by atoms with Gasteiger partial charge in [-0.2, -0.15) is 0 Å². The Labute approximate surface area is 128 Å². The maximum atomic E-state index is 11.7. The van der Waals surface area contributed by atoms with E-state index >= 15 is 0 Å². The van der Waals surface area contributed by atoms with Gasteiger partial charge in [0.1, 0.15) is 0 Å². The van der Waals surface area contributed by atoms with Crippen LogP contribution in [0.25, 0.3) is 0 Å². The number of hydrogen-bond donors (Lipinski definition) is 2. The summed E-state index contributed by atoms with van der Waals surface area (Å²) >= 11 is 0. The maximum absolute atomic E-state index is 11.7. The summed E-state index contributed by atoms with van der Waals surface area (Å²) in [6.07, 6.45) is 0. The Bertz CT molecular complexity index is 477. The number of likely N-dealkylation sites (N-methyl/N-ethyl adjacent to an activating group) is 2. The average molecular weight is 291 g/mol. The largest absolute Gasteiger partial charge is 0.362 e. The van der Waals surface area contributed by atoms with Crippen LogP contribution < -0.4 is 15.5 Å². The number of amides is 1. The second-order valence-corrected chi connectivity index (χ2v) is 6.42. The number of hydrogen-bond acceptors (Lipinski definition) is 3. The quantitative estimate of drug-likeness (QED) is 0.846. The van der Waals surface area contributed by atoms with E-state index < -0.39 is 0 Å². The Kier molecular flexibility index (Phi) is 6.21. The topological polar surface area (TPSA) is 44.4 Å². The van der Waals surface area contributed by atoms with Crippen LogP contribution in [0.4, 0.5) is 5.69 Å². The molecule has 0 aromatic heterocycles. The van der Waals surface area contributed by atoms with Crippen LogP contribution in [0.1, 0.15) is 38.8 Å². The third-order valence-corrected chi connectivity index (χ3v) is 3.38. The highest BCUT2D eigenvalue weighted by molar-refractivity contribution is 5.81. The van der Waals surface area contributed by atoms with Crippen LogP contribution in [0.5, 0.6) is 0 Å². The first-order valence-corrected chi connectivity index (χ1v) is 7.57. The van der Waals surface area contributed by atoms with Gasteiger partial charge < -0.3 is 15.5 Å². The van der Waals surface area contributed by atoms with Crippen LogP contribution in [0.2, 0.25) is 0 Å². The Morgan fingerprint density at radius 2 is 1.95 bits per heavy atom. The van der Waals surface area contributed by atoms with Crippen molar-refractivity contribution in [2.45, 2.75) is 46.7 Å². The minimum Gasteiger partial charge on any atom is -0.362 e. The standard InChI is InChI=1S/C17H29N3O/c1-7-20(12-16(21)18-6)15-9-8-13(2)10-14(15)11-19-17(3,4)5/h8-10,19H,7,11-12H2,1-6H3,(H,18,21). The van der Waals surface area contributed by atoms with E-state index in [2.05, 4.69) is 68.4 Å². The molecule has 21 heavy (non-hydrogen) atoms. The summed E-state index contributed by atoms with van der Waals surface area (Å²) in [7, 11) is 1.67. The molecule has 4 nitrogen and oxygen atoms in total. The summed E-state index contributed by atoms with van der Waals surface area (Å²) in [6, 6.07) is 6.41. The second-order valence-electron chi connectivity index (χ2n) is 6.42. The molecule has 2 N–H and O–H groups in total. The van der Waals surface area contributed by atoms with Crippen LogP contribution in [0.3, 0.4) is 0 Å². The van der Waals surface area contributed by atoms with Gasteiger partial charge in [0, 0.05) is 31.4 Å². The molecule has 0 unspecified atom stereocenters. The molecule has 0 atom stereocenters. The first-order chi connectivity index (χ1) is 9.76. The second kappa shape index (κ2) is 7.46. The van der Waals surface area contributed by atoms with Crippen molar-refractivity contribution >= 4 is 11.6 Å². The molecule has 0 spiro atoms. The number of nitrogens with zero attached hydrogens (tertiary/aromatic N) is 1.